The number of carbonyl (C=O) groups is 2. The van der Waals surface area contributed by atoms with Crippen LogP contribution in [-0.4, -0.2) is 22.2 Å². The highest BCUT2D eigenvalue weighted by atomic mass is 19.1. The number of carboxylic acids is 2. The summed E-state index contributed by atoms with van der Waals surface area (Å²) in [6.07, 6.45) is -4.72. The first kappa shape index (κ1) is 15.6. The smallest absolute Gasteiger partial charge is 0.343 e. The predicted molar refractivity (Wildman–Crippen MR) is 74.8 cm³/mol. The van der Waals surface area contributed by atoms with Gasteiger partial charge in [0.2, 0.25) is 12.3 Å². The number of hydrogen-bond donors (Lipinski definition) is 2. The van der Waals surface area contributed by atoms with E-state index >= 15 is 0 Å². The largest absolute Gasteiger partial charge is 0.479 e. The molecule has 114 valence electrons. The van der Waals surface area contributed by atoms with Crippen LogP contribution in [0.15, 0.2) is 48.5 Å². The summed E-state index contributed by atoms with van der Waals surface area (Å²) < 4.78 is 27.5. The Labute approximate surface area is 124 Å². The third kappa shape index (κ3) is 3.28. The van der Waals surface area contributed by atoms with Crippen molar-refractivity contribution < 1.29 is 28.6 Å². The maximum atomic E-state index is 13.7. The molecule has 0 fully saturated rings. The van der Waals surface area contributed by atoms with E-state index in [1.807, 2.05) is 0 Å². The van der Waals surface area contributed by atoms with E-state index in [1.54, 1.807) is 30.3 Å². The Kier molecular flexibility index (Phi) is 4.50. The standard InChI is InChI=1S/C16H12F2O4/c17-13(15(19)20)11-6-10(9-4-2-1-3-5-9)7-12(8-11)14(18)16(21)22/h1-8,13-14H,(H,19,20)(H,21,22). The number of rotatable bonds is 5. The van der Waals surface area contributed by atoms with Crippen LogP contribution in [0.5, 0.6) is 0 Å². The van der Waals surface area contributed by atoms with Crippen LogP contribution in [0.1, 0.15) is 23.5 Å². The number of carboxylic acid groups (broad SMARTS) is 2. The molecular formula is C16H12F2O4. The van der Waals surface area contributed by atoms with Gasteiger partial charge in [-0.3, -0.25) is 0 Å². The molecule has 0 heterocycles. The summed E-state index contributed by atoms with van der Waals surface area (Å²) in [5.74, 6) is -3.44. The minimum Gasteiger partial charge on any atom is -0.479 e. The molecule has 0 amide bonds. The summed E-state index contributed by atoms with van der Waals surface area (Å²) in [6.45, 7) is 0. The van der Waals surface area contributed by atoms with E-state index in [0.717, 1.165) is 6.07 Å². The summed E-state index contributed by atoms with van der Waals surface area (Å²) in [7, 11) is 0. The first-order valence-electron chi connectivity index (χ1n) is 6.34. The Hall–Kier alpha value is -2.76. The van der Waals surface area contributed by atoms with Crippen molar-refractivity contribution in [2.75, 3.05) is 0 Å². The topological polar surface area (TPSA) is 74.6 Å². The zero-order chi connectivity index (χ0) is 16.3. The number of hydrogen-bond acceptors (Lipinski definition) is 2. The molecule has 0 aliphatic heterocycles. The van der Waals surface area contributed by atoms with Gasteiger partial charge in [0.25, 0.3) is 0 Å². The first-order valence-corrected chi connectivity index (χ1v) is 6.34. The molecule has 2 aromatic rings. The fourth-order valence-electron chi connectivity index (χ4n) is 2.05. The zero-order valence-corrected chi connectivity index (χ0v) is 11.2. The summed E-state index contributed by atoms with van der Waals surface area (Å²) >= 11 is 0. The quantitative estimate of drug-likeness (QED) is 0.886. The van der Waals surface area contributed by atoms with E-state index < -0.39 is 24.3 Å². The van der Waals surface area contributed by atoms with Crippen LogP contribution in [0.4, 0.5) is 8.78 Å². The lowest BCUT2D eigenvalue weighted by atomic mass is 9.96. The molecule has 2 N–H and O–H groups in total. The van der Waals surface area contributed by atoms with Gasteiger partial charge in [-0.05, 0) is 40.5 Å². The van der Waals surface area contributed by atoms with Crippen LogP contribution >= 0.6 is 0 Å². The molecule has 0 saturated carbocycles. The highest BCUT2D eigenvalue weighted by Gasteiger charge is 2.24. The van der Waals surface area contributed by atoms with Crippen molar-refractivity contribution in [2.45, 2.75) is 12.3 Å². The van der Waals surface area contributed by atoms with E-state index in [1.165, 1.54) is 12.1 Å². The van der Waals surface area contributed by atoms with Crippen molar-refractivity contribution in [3.8, 4) is 11.1 Å². The number of aliphatic carboxylic acids is 2. The summed E-state index contributed by atoms with van der Waals surface area (Å²) in [4.78, 5) is 21.6. The molecule has 6 heteroatoms. The van der Waals surface area contributed by atoms with Crippen LogP contribution in [0.25, 0.3) is 11.1 Å². The molecule has 0 aliphatic carbocycles. The van der Waals surface area contributed by atoms with Crippen LogP contribution < -0.4 is 0 Å². The van der Waals surface area contributed by atoms with Gasteiger partial charge < -0.3 is 10.2 Å². The molecule has 2 aromatic carbocycles. The van der Waals surface area contributed by atoms with Gasteiger partial charge in [0, 0.05) is 0 Å². The Morgan fingerprint density at radius 2 is 1.23 bits per heavy atom. The molecule has 0 saturated heterocycles. The fourth-order valence-corrected chi connectivity index (χ4v) is 2.05. The van der Waals surface area contributed by atoms with Crippen LogP contribution in [0.2, 0.25) is 0 Å². The van der Waals surface area contributed by atoms with Crippen molar-refractivity contribution in [3.63, 3.8) is 0 Å². The van der Waals surface area contributed by atoms with Gasteiger partial charge >= 0.3 is 11.9 Å². The van der Waals surface area contributed by atoms with E-state index in [0.29, 0.717) is 11.1 Å². The van der Waals surface area contributed by atoms with E-state index in [2.05, 4.69) is 0 Å². The molecule has 0 spiro atoms. The van der Waals surface area contributed by atoms with Crippen molar-refractivity contribution in [1.29, 1.82) is 0 Å². The lowest BCUT2D eigenvalue weighted by Gasteiger charge is -2.12. The van der Waals surface area contributed by atoms with E-state index in [4.69, 9.17) is 10.2 Å². The zero-order valence-electron chi connectivity index (χ0n) is 11.2. The molecule has 0 aliphatic rings. The highest BCUT2D eigenvalue weighted by molar-refractivity contribution is 5.78. The summed E-state index contributed by atoms with van der Waals surface area (Å²) in [5, 5.41) is 17.5. The molecular weight excluding hydrogens is 294 g/mol. The van der Waals surface area contributed by atoms with E-state index in [-0.39, 0.29) is 11.1 Å². The second kappa shape index (κ2) is 6.34. The number of alkyl halides is 2. The second-order valence-electron chi connectivity index (χ2n) is 4.66. The van der Waals surface area contributed by atoms with E-state index in [9.17, 15) is 18.4 Å². The Bertz CT molecular complexity index is 662. The van der Waals surface area contributed by atoms with Gasteiger partial charge in [-0.15, -0.1) is 0 Å². The number of halogens is 2. The van der Waals surface area contributed by atoms with Crippen molar-refractivity contribution in [3.05, 3.63) is 59.7 Å². The monoisotopic (exact) mass is 306 g/mol. The van der Waals surface area contributed by atoms with Crippen LogP contribution in [0.3, 0.4) is 0 Å². The van der Waals surface area contributed by atoms with Crippen molar-refractivity contribution in [1.82, 2.24) is 0 Å². The third-order valence-electron chi connectivity index (χ3n) is 3.10. The van der Waals surface area contributed by atoms with Crippen LogP contribution in [-0.2, 0) is 9.59 Å². The lowest BCUT2D eigenvalue weighted by Crippen LogP contribution is -2.10. The molecule has 2 unspecified atom stereocenters. The summed E-state index contributed by atoms with van der Waals surface area (Å²) in [6, 6.07) is 12.0. The molecule has 22 heavy (non-hydrogen) atoms. The normalized spacial score (nSPS) is 13.4. The Balaban J connectivity index is 2.58. The average Bonchev–Trinajstić information content (AvgIpc) is 2.53. The van der Waals surface area contributed by atoms with Crippen LogP contribution in [0, 0.1) is 0 Å². The molecule has 0 aromatic heterocycles. The maximum absolute atomic E-state index is 13.7. The average molecular weight is 306 g/mol. The lowest BCUT2D eigenvalue weighted by molar-refractivity contribution is -0.143. The third-order valence-corrected chi connectivity index (χ3v) is 3.10. The van der Waals surface area contributed by atoms with Crippen molar-refractivity contribution in [2.24, 2.45) is 0 Å². The molecule has 2 rings (SSSR count). The van der Waals surface area contributed by atoms with Crippen molar-refractivity contribution >= 4 is 11.9 Å². The van der Waals surface area contributed by atoms with Gasteiger partial charge in [-0.25, -0.2) is 18.4 Å². The second-order valence-corrected chi connectivity index (χ2v) is 4.66. The molecule has 2 atom stereocenters. The van der Waals surface area contributed by atoms with Gasteiger partial charge in [-0.1, -0.05) is 30.3 Å². The summed E-state index contributed by atoms with van der Waals surface area (Å²) in [5.41, 5.74) is 0.349. The highest BCUT2D eigenvalue weighted by Crippen LogP contribution is 2.30. The minimum atomic E-state index is -2.36. The van der Waals surface area contributed by atoms with Gasteiger partial charge in [-0.2, -0.15) is 0 Å². The minimum absolute atomic E-state index is 0.298. The van der Waals surface area contributed by atoms with Gasteiger partial charge in [0.15, 0.2) is 0 Å². The first-order chi connectivity index (χ1) is 10.4. The van der Waals surface area contributed by atoms with Gasteiger partial charge in [0.05, 0.1) is 0 Å². The predicted octanol–water partition coefficient (Wildman–Crippen LogP) is 3.54. The Morgan fingerprint density at radius 1 is 0.773 bits per heavy atom. The SMILES string of the molecule is O=C(O)C(F)c1cc(-c2ccccc2)cc(C(F)C(=O)O)c1. The van der Waals surface area contributed by atoms with Gasteiger partial charge in [0.1, 0.15) is 0 Å². The Morgan fingerprint density at radius 3 is 1.64 bits per heavy atom. The molecule has 0 radical (unpaired) electrons. The number of benzene rings is 2. The maximum Gasteiger partial charge on any atom is 0.343 e. The molecule has 0 bridgehead atoms. The fraction of sp³-hybridized carbons (Fsp3) is 0.125. The molecule has 4 nitrogen and oxygen atoms in total.